The van der Waals surface area contributed by atoms with Gasteiger partial charge in [0.05, 0.1) is 5.56 Å². The molecule has 2 rings (SSSR count). The summed E-state index contributed by atoms with van der Waals surface area (Å²) in [4.78, 5) is 0. The fraction of sp³-hybridized carbons (Fsp3) is 0.0769. The molecule has 0 saturated carbocycles. The summed E-state index contributed by atoms with van der Waals surface area (Å²) in [5.74, 6) is -7.52. The fourth-order valence-corrected chi connectivity index (χ4v) is 1.68. The maximum absolute atomic E-state index is 13.6. The van der Waals surface area contributed by atoms with Gasteiger partial charge < -0.3 is 4.74 Å². The zero-order valence-electron chi connectivity index (χ0n) is 9.94. The van der Waals surface area contributed by atoms with Gasteiger partial charge in [-0.1, -0.05) is 12.1 Å². The monoisotopic (exact) mass is 310 g/mol. The van der Waals surface area contributed by atoms with Crippen LogP contribution in [0.4, 0.5) is 30.7 Å². The van der Waals surface area contributed by atoms with Crippen LogP contribution in [0.1, 0.15) is 0 Å². The highest BCUT2D eigenvalue weighted by molar-refractivity contribution is 5.66. The molecule has 0 radical (unpaired) electrons. The summed E-state index contributed by atoms with van der Waals surface area (Å²) >= 11 is 0. The quantitative estimate of drug-likeness (QED) is 0.571. The lowest BCUT2D eigenvalue weighted by molar-refractivity contribution is -0.274. The highest BCUT2D eigenvalue weighted by atomic mass is 19.4. The summed E-state index contributed by atoms with van der Waals surface area (Å²) in [6.07, 6.45) is -5.01. The standard InChI is InChI=1S/C13H5F7O/c14-8-5-9(15)12(17)10(11(8)16)6-2-1-3-7(4-6)21-13(18,19)20/h1-5H. The third-order valence-corrected chi connectivity index (χ3v) is 2.47. The minimum Gasteiger partial charge on any atom is -0.406 e. The molecule has 0 aliphatic rings. The van der Waals surface area contributed by atoms with E-state index < -0.39 is 46.5 Å². The van der Waals surface area contributed by atoms with E-state index in [-0.39, 0.29) is 6.07 Å². The second kappa shape index (κ2) is 5.27. The molecule has 2 aromatic carbocycles. The van der Waals surface area contributed by atoms with Gasteiger partial charge in [0, 0.05) is 6.07 Å². The number of ether oxygens (including phenoxy) is 1. The Hall–Kier alpha value is -2.25. The summed E-state index contributed by atoms with van der Waals surface area (Å²) in [6.45, 7) is 0. The minimum atomic E-state index is -5.01. The average Bonchev–Trinajstić information content (AvgIpc) is 2.35. The first kappa shape index (κ1) is 15.1. The maximum Gasteiger partial charge on any atom is 0.573 e. The molecular weight excluding hydrogens is 305 g/mol. The number of halogens is 7. The number of hydrogen-bond acceptors (Lipinski definition) is 1. The molecule has 0 amide bonds. The molecule has 0 spiro atoms. The van der Waals surface area contributed by atoms with E-state index >= 15 is 0 Å². The highest BCUT2D eigenvalue weighted by Crippen LogP contribution is 2.32. The molecule has 1 nitrogen and oxygen atoms in total. The van der Waals surface area contributed by atoms with Gasteiger partial charge in [-0.25, -0.2) is 17.6 Å². The molecule has 0 unspecified atom stereocenters. The van der Waals surface area contributed by atoms with E-state index in [1.165, 1.54) is 0 Å². The summed E-state index contributed by atoms with van der Waals surface area (Å²) in [5.41, 5.74) is -1.61. The van der Waals surface area contributed by atoms with Crippen LogP contribution in [0.15, 0.2) is 30.3 Å². The molecule has 21 heavy (non-hydrogen) atoms. The molecule has 0 atom stereocenters. The van der Waals surface area contributed by atoms with Crippen LogP contribution in [0.25, 0.3) is 11.1 Å². The van der Waals surface area contributed by atoms with Crippen molar-refractivity contribution in [3.63, 3.8) is 0 Å². The van der Waals surface area contributed by atoms with Crippen molar-refractivity contribution in [3.05, 3.63) is 53.6 Å². The zero-order valence-corrected chi connectivity index (χ0v) is 9.94. The van der Waals surface area contributed by atoms with Gasteiger partial charge in [-0.15, -0.1) is 13.2 Å². The molecule has 0 N–H and O–H groups in total. The lowest BCUT2D eigenvalue weighted by Crippen LogP contribution is -2.17. The lowest BCUT2D eigenvalue weighted by Gasteiger charge is -2.11. The van der Waals surface area contributed by atoms with Crippen molar-refractivity contribution in [3.8, 4) is 16.9 Å². The fourth-order valence-electron chi connectivity index (χ4n) is 1.68. The van der Waals surface area contributed by atoms with Gasteiger partial charge in [0.25, 0.3) is 0 Å². The summed E-state index contributed by atoms with van der Waals surface area (Å²) in [5, 5.41) is 0. The van der Waals surface area contributed by atoms with Crippen LogP contribution in [0.5, 0.6) is 5.75 Å². The van der Waals surface area contributed by atoms with E-state index in [4.69, 9.17) is 0 Å². The minimum absolute atomic E-state index is 0.00420. The summed E-state index contributed by atoms with van der Waals surface area (Å²) < 4.78 is 93.1. The Kier molecular flexibility index (Phi) is 3.80. The van der Waals surface area contributed by atoms with Crippen LogP contribution in [-0.4, -0.2) is 6.36 Å². The topological polar surface area (TPSA) is 9.23 Å². The van der Waals surface area contributed by atoms with E-state index in [1.54, 1.807) is 0 Å². The van der Waals surface area contributed by atoms with Crippen molar-refractivity contribution < 1.29 is 35.5 Å². The molecule has 0 fully saturated rings. The number of alkyl halides is 3. The zero-order chi connectivity index (χ0) is 15.8. The van der Waals surface area contributed by atoms with Crippen molar-refractivity contribution in [1.29, 1.82) is 0 Å². The van der Waals surface area contributed by atoms with Crippen molar-refractivity contribution in [1.82, 2.24) is 0 Å². The second-order valence-corrected chi connectivity index (χ2v) is 3.92. The van der Waals surface area contributed by atoms with E-state index in [0.29, 0.717) is 6.07 Å². The van der Waals surface area contributed by atoms with Gasteiger partial charge >= 0.3 is 6.36 Å². The van der Waals surface area contributed by atoms with Crippen LogP contribution in [0.2, 0.25) is 0 Å². The smallest absolute Gasteiger partial charge is 0.406 e. The van der Waals surface area contributed by atoms with Gasteiger partial charge in [-0.05, 0) is 17.7 Å². The molecule has 0 aliphatic carbocycles. The van der Waals surface area contributed by atoms with Crippen LogP contribution in [-0.2, 0) is 0 Å². The van der Waals surface area contributed by atoms with Crippen molar-refractivity contribution in [2.75, 3.05) is 0 Å². The SMILES string of the molecule is Fc1cc(F)c(F)c(-c2cccc(OC(F)(F)F)c2)c1F. The van der Waals surface area contributed by atoms with Crippen LogP contribution >= 0.6 is 0 Å². The van der Waals surface area contributed by atoms with Crippen molar-refractivity contribution >= 4 is 0 Å². The van der Waals surface area contributed by atoms with Gasteiger partial charge in [0.15, 0.2) is 23.3 Å². The van der Waals surface area contributed by atoms with Crippen LogP contribution in [0.3, 0.4) is 0 Å². The molecule has 0 heterocycles. The maximum atomic E-state index is 13.6. The predicted octanol–water partition coefficient (Wildman–Crippen LogP) is 4.81. The highest BCUT2D eigenvalue weighted by Gasteiger charge is 2.31. The first-order valence-corrected chi connectivity index (χ1v) is 5.38. The van der Waals surface area contributed by atoms with Gasteiger partial charge in [0.2, 0.25) is 0 Å². The van der Waals surface area contributed by atoms with Crippen molar-refractivity contribution in [2.24, 2.45) is 0 Å². The van der Waals surface area contributed by atoms with Gasteiger partial charge in [-0.3, -0.25) is 0 Å². The number of benzene rings is 2. The average molecular weight is 310 g/mol. The van der Waals surface area contributed by atoms with Gasteiger partial charge in [-0.2, -0.15) is 0 Å². The van der Waals surface area contributed by atoms with E-state index in [2.05, 4.69) is 4.74 Å². The Morgan fingerprint density at radius 3 is 1.90 bits per heavy atom. The molecule has 112 valence electrons. The molecule has 0 aromatic heterocycles. The predicted molar refractivity (Wildman–Crippen MR) is 58.4 cm³/mol. The van der Waals surface area contributed by atoms with Gasteiger partial charge in [0.1, 0.15) is 5.75 Å². The van der Waals surface area contributed by atoms with E-state index in [0.717, 1.165) is 18.2 Å². The third kappa shape index (κ3) is 3.26. The van der Waals surface area contributed by atoms with Crippen LogP contribution < -0.4 is 4.74 Å². The Morgan fingerprint density at radius 2 is 1.38 bits per heavy atom. The lowest BCUT2D eigenvalue weighted by atomic mass is 10.0. The molecule has 0 bridgehead atoms. The Labute approximate surface area is 113 Å². The normalized spacial score (nSPS) is 11.6. The summed E-state index contributed by atoms with van der Waals surface area (Å²) in [6, 6.07) is 3.49. The summed E-state index contributed by atoms with van der Waals surface area (Å²) in [7, 11) is 0. The van der Waals surface area contributed by atoms with Crippen LogP contribution in [0, 0.1) is 23.3 Å². The first-order valence-electron chi connectivity index (χ1n) is 5.38. The van der Waals surface area contributed by atoms with E-state index in [9.17, 15) is 30.7 Å². The first-order chi connectivity index (χ1) is 9.69. The molecule has 0 saturated heterocycles. The Bertz CT molecular complexity index is 653. The largest absolute Gasteiger partial charge is 0.573 e. The second-order valence-electron chi connectivity index (χ2n) is 3.92. The van der Waals surface area contributed by atoms with E-state index in [1.807, 2.05) is 0 Å². The third-order valence-electron chi connectivity index (χ3n) is 2.47. The molecule has 2 aromatic rings. The van der Waals surface area contributed by atoms with Crippen molar-refractivity contribution in [2.45, 2.75) is 6.36 Å². The number of hydrogen-bond donors (Lipinski definition) is 0. The molecular formula is C13H5F7O. The Morgan fingerprint density at radius 1 is 0.810 bits per heavy atom. The molecule has 8 heteroatoms. The Balaban J connectivity index is 2.56. The number of rotatable bonds is 2. The molecule has 0 aliphatic heterocycles.